The maximum atomic E-state index is 4.90. The summed E-state index contributed by atoms with van der Waals surface area (Å²) in [6.45, 7) is 2.50. The lowest BCUT2D eigenvalue weighted by atomic mass is 9.78. The second kappa shape index (κ2) is 4.78. The van der Waals surface area contributed by atoms with E-state index in [0.29, 0.717) is 12.1 Å². The van der Waals surface area contributed by atoms with Gasteiger partial charge in [-0.2, -0.15) is 5.10 Å². The second-order valence-corrected chi connectivity index (χ2v) is 6.95. The van der Waals surface area contributed by atoms with Gasteiger partial charge >= 0.3 is 0 Å². The molecule has 5 rings (SSSR count). The van der Waals surface area contributed by atoms with E-state index in [2.05, 4.69) is 47.5 Å². The SMILES string of the molecule is CSc1ccc(C2C3C(=NN2C)C2CCN3CC2)cc1. The van der Waals surface area contributed by atoms with Gasteiger partial charge in [-0.1, -0.05) is 12.1 Å². The van der Waals surface area contributed by atoms with Crippen LogP contribution in [-0.2, 0) is 0 Å². The summed E-state index contributed by atoms with van der Waals surface area (Å²) >= 11 is 1.80. The highest BCUT2D eigenvalue weighted by molar-refractivity contribution is 7.98. The topological polar surface area (TPSA) is 18.8 Å². The number of nitrogens with zero attached hydrogens (tertiary/aromatic N) is 3. The number of hydrogen-bond acceptors (Lipinski definition) is 4. The van der Waals surface area contributed by atoms with Crippen molar-refractivity contribution in [1.29, 1.82) is 0 Å². The normalized spacial score (nSPS) is 35.1. The monoisotopic (exact) mass is 287 g/mol. The summed E-state index contributed by atoms with van der Waals surface area (Å²) in [4.78, 5) is 3.98. The van der Waals surface area contributed by atoms with Crippen LogP contribution in [-0.4, -0.2) is 48.1 Å². The summed E-state index contributed by atoms with van der Waals surface area (Å²) in [7, 11) is 2.14. The first kappa shape index (κ1) is 12.7. The fourth-order valence-corrected chi connectivity index (χ4v) is 4.46. The highest BCUT2D eigenvalue weighted by Gasteiger charge is 2.48. The van der Waals surface area contributed by atoms with E-state index in [0.717, 1.165) is 5.92 Å². The average Bonchev–Trinajstić information content (AvgIpc) is 2.87. The van der Waals surface area contributed by atoms with E-state index in [9.17, 15) is 0 Å². The zero-order chi connectivity index (χ0) is 13.7. The zero-order valence-electron chi connectivity index (χ0n) is 12.1. The van der Waals surface area contributed by atoms with Crippen molar-refractivity contribution in [2.45, 2.75) is 29.8 Å². The van der Waals surface area contributed by atoms with Gasteiger partial charge in [0.25, 0.3) is 0 Å². The summed E-state index contributed by atoms with van der Waals surface area (Å²) in [5.74, 6) is 0.739. The van der Waals surface area contributed by atoms with Crippen LogP contribution in [0.2, 0.25) is 0 Å². The van der Waals surface area contributed by atoms with Crippen LogP contribution in [0, 0.1) is 5.92 Å². The van der Waals surface area contributed by atoms with Crippen LogP contribution in [0.4, 0.5) is 0 Å². The number of likely N-dealkylation sites (N-methyl/N-ethyl adjacent to an activating group) is 1. The maximum absolute atomic E-state index is 4.90. The maximum Gasteiger partial charge on any atom is 0.0926 e. The van der Waals surface area contributed by atoms with E-state index >= 15 is 0 Å². The third kappa shape index (κ3) is 1.81. The minimum Gasteiger partial charge on any atom is -0.293 e. The van der Waals surface area contributed by atoms with Gasteiger partial charge in [0, 0.05) is 17.9 Å². The third-order valence-corrected chi connectivity index (χ3v) is 5.82. The Morgan fingerprint density at radius 3 is 2.45 bits per heavy atom. The molecule has 1 aromatic carbocycles. The van der Waals surface area contributed by atoms with Crippen molar-refractivity contribution in [3.63, 3.8) is 0 Å². The van der Waals surface area contributed by atoms with Gasteiger partial charge in [0.1, 0.15) is 0 Å². The van der Waals surface area contributed by atoms with Crippen molar-refractivity contribution in [3.05, 3.63) is 29.8 Å². The van der Waals surface area contributed by atoms with Crippen molar-refractivity contribution in [1.82, 2.24) is 9.91 Å². The molecule has 3 fully saturated rings. The predicted molar refractivity (Wildman–Crippen MR) is 84.2 cm³/mol. The van der Waals surface area contributed by atoms with E-state index in [4.69, 9.17) is 5.10 Å². The highest BCUT2D eigenvalue weighted by atomic mass is 32.2. The molecule has 4 aliphatic rings. The van der Waals surface area contributed by atoms with Gasteiger partial charge in [0.2, 0.25) is 0 Å². The number of piperidine rings is 3. The third-order valence-electron chi connectivity index (χ3n) is 5.08. The van der Waals surface area contributed by atoms with Crippen LogP contribution in [0.15, 0.2) is 34.3 Å². The minimum absolute atomic E-state index is 0.406. The summed E-state index contributed by atoms with van der Waals surface area (Å²) in [6.07, 6.45) is 4.74. The molecular weight excluding hydrogens is 266 g/mol. The molecule has 20 heavy (non-hydrogen) atoms. The van der Waals surface area contributed by atoms with E-state index in [-0.39, 0.29) is 0 Å². The molecule has 106 valence electrons. The van der Waals surface area contributed by atoms with E-state index in [1.54, 1.807) is 11.8 Å². The van der Waals surface area contributed by atoms with E-state index in [1.165, 1.54) is 42.1 Å². The molecule has 4 heteroatoms. The van der Waals surface area contributed by atoms with Gasteiger partial charge in [-0.25, -0.2) is 0 Å². The second-order valence-electron chi connectivity index (χ2n) is 6.07. The van der Waals surface area contributed by atoms with E-state index < -0.39 is 0 Å². The molecule has 0 saturated carbocycles. The lowest BCUT2D eigenvalue weighted by Gasteiger charge is -2.46. The fraction of sp³-hybridized carbons (Fsp3) is 0.562. The molecule has 0 spiro atoms. The Balaban J connectivity index is 1.68. The Kier molecular flexibility index (Phi) is 3.04. The minimum atomic E-state index is 0.406. The Bertz CT molecular complexity index is 531. The van der Waals surface area contributed by atoms with Crippen LogP contribution < -0.4 is 0 Å². The summed E-state index contributed by atoms with van der Waals surface area (Å²) < 4.78 is 0. The van der Waals surface area contributed by atoms with Crippen LogP contribution in [0.3, 0.4) is 0 Å². The summed E-state index contributed by atoms with van der Waals surface area (Å²) in [5, 5.41) is 7.10. The molecule has 4 aliphatic heterocycles. The summed E-state index contributed by atoms with van der Waals surface area (Å²) in [5.41, 5.74) is 2.85. The smallest absolute Gasteiger partial charge is 0.0926 e. The van der Waals surface area contributed by atoms with Crippen molar-refractivity contribution < 1.29 is 0 Å². The molecule has 4 heterocycles. The quantitative estimate of drug-likeness (QED) is 0.780. The molecule has 0 aliphatic carbocycles. The number of hydrogen-bond donors (Lipinski definition) is 0. The molecule has 2 bridgehead atoms. The Hall–Kier alpha value is -1.00. The lowest BCUT2D eigenvalue weighted by Crippen LogP contribution is -2.56. The van der Waals surface area contributed by atoms with Gasteiger partial charge < -0.3 is 0 Å². The molecule has 0 N–H and O–H groups in total. The van der Waals surface area contributed by atoms with Gasteiger partial charge in [0.05, 0.1) is 17.8 Å². The fourth-order valence-electron chi connectivity index (χ4n) is 4.05. The van der Waals surface area contributed by atoms with Crippen LogP contribution in [0.25, 0.3) is 0 Å². The van der Waals surface area contributed by atoms with Crippen molar-refractivity contribution >= 4 is 17.5 Å². The van der Waals surface area contributed by atoms with E-state index in [1.807, 2.05) is 0 Å². The number of rotatable bonds is 2. The first-order chi connectivity index (χ1) is 9.78. The molecule has 1 aromatic rings. The predicted octanol–water partition coefficient (Wildman–Crippen LogP) is 2.85. The molecule has 3 nitrogen and oxygen atoms in total. The van der Waals surface area contributed by atoms with Gasteiger partial charge in [-0.3, -0.25) is 9.91 Å². The number of fused-ring (bicyclic) bond motifs is 2. The Morgan fingerprint density at radius 2 is 1.80 bits per heavy atom. The number of benzene rings is 1. The molecule has 0 amide bonds. The zero-order valence-corrected chi connectivity index (χ0v) is 12.9. The lowest BCUT2D eigenvalue weighted by molar-refractivity contribution is 0.107. The number of hydrazone groups is 1. The van der Waals surface area contributed by atoms with Crippen molar-refractivity contribution in [2.75, 3.05) is 26.4 Å². The molecular formula is C16H21N3S. The molecule has 0 aromatic heterocycles. The first-order valence-electron chi connectivity index (χ1n) is 7.47. The average molecular weight is 287 g/mol. The largest absolute Gasteiger partial charge is 0.293 e. The first-order valence-corrected chi connectivity index (χ1v) is 8.69. The molecule has 0 radical (unpaired) electrons. The van der Waals surface area contributed by atoms with Gasteiger partial charge in [-0.05, 0) is 49.9 Å². The van der Waals surface area contributed by atoms with Crippen molar-refractivity contribution in [3.8, 4) is 0 Å². The molecule has 3 saturated heterocycles. The standard InChI is InChI=1S/C16H21N3S/c1-18-15(12-3-5-13(20-2)6-4-12)16-14(17-18)11-7-9-19(16)10-8-11/h3-6,11,15-16H,7-10H2,1-2H3. The Morgan fingerprint density at radius 1 is 1.10 bits per heavy atom. The van der Waals surface area contributed by atoms with Gasteiger partial charge in [-0.15, -0.1) is 11.8 Å². The molecule has 2 atom stereocenters. The van der Waals surface area contributed by atoms with Crippen LogP contribution in [0.1, 0.15) is 24.4 Å². The van der Waals surface area contributed by atoms with Gasteiger partial charge in [0.15, 0.2) is 0 Å². The summed E-state index contributed by atoms with van der Waals surface area (Å²) in [6, 6.07) is 9.98. The van der Waals surface area contributed by atoms with Crippen LogP contribution >= 0.6 is 11.8 Å². The van der Waals surface area contributed by atoms with Crippen molar-refractivity contribution in [2.24, 2.45) is 11.0 Å². The van der Waals surface area contributed by atoms with Crippen LogP contribution in [0.5, 0.6) is 0 Å². The highest BCUT2D eigenvalue weighted by Crippen LogP contribution is 2.42. The number of thioether (sulfide) groups is 1. The molecule has 2 unspecified atom stereocenters. The Labute approximate surface area is 125 Å².